The van der Waals surface area contributed by atoms with E-state index in [-0.39, 0.29) is 0 Å². The lowest BCUT2D eigenvalue weighted by Crippen LogP contribution is -2.03. The summed E-state index contributed by atoms with van der Waals surface area (Å²) in [5, 5.41) is 15.9. The van der Waals surface area contributed by atoms with E-state index in [0.29, 0.717) is 0 Å². The topological polar surface area (TPSA) is 14.8 Å². The van der Waals surface area contributed by atoms with Crippen LogP contribution in [0.15, 0.2) is 461 Å². The molecule has 0 spiro atoms. The Labute approximate surface area is 839 Å². The summed E-state index contributed by atoms with van der Waals surface area (Å²) < 4.78 is 23.5. The van der Waals surface area contributed by atoms with Gasteiger partial charge in [-0.1, -0.05) is 365 Å². The first kappa shape index (κ1) is 83.5. The van der Waals surface area contributed by atoms with Gasteiger partial charge in [-0.3, -0.25) is 0 Å². The van der Waals surface area contributed by atoms with Crippen LogP contribution >= 0.6 is 68.0 Å². The molecule has 9 aromatic heterocycles. The largest absolute Gasteiger partial charge is 0.308 e. The molecule has 0 amide bonds. The number of hydrogen-bond donors (Lipinski definition) is 0. The Morgan fingerprint density at radius 1 is 0.163 bits per heavy atom. The molecule has 0 bridgehead atoms. The molecule has 0 unspecified atom stereocenters. The number of fused-ring (bicyclic) bond motifs is 24. The van der Waals surface area contributed by atoms with Crippen LogP contribution in [0.4, 0.5) is 0 Å². The second kappa shape index (κ2) is 34.7. The minimum Gasteiger partial charge on any atom is -0.308 e. The summed E-state index contributed by atoms with van der Waals surface area (Å²) in [6.07, 6.45) is 6.85. The Balaban J connectivity index is 0.000000104. The number of nitrogens with zero attached hydrogens (tertiary/aromatic N) is 3. The standard InChI is InChI=1S/2C44H27NS2.C44H33NS2/c1-3-11-29(12-4-1)33-16-9-18-35-36-19-10-17-34(43(36)47-42(33)35)30-23-21-28(22-24-30)31-25-26-40-38(27-31)41-44(46-40)37-15-7-8-20-39(37)45(41)32-13-5-2-6-14-32;1-3-10-28(11-4-1)31-22-24-40-37(26-31)35-16-9-15-34(43(35)46-40)30-20-18-29(19-21-30)32-23-25-41-38(27-32)42-44(47-41)36-14-7-8-17-39(36)45(42)33-12-5-2-6-13-33;1-3-9-28(10-4-1)32-19-22-35-36-23-20-33(27-42(36)46-41(35)26-32)30-17-15-29(16-18-30)31-21-24-40-38(25-31)43-44(47-40)37-13-7-8-14-39(37)45(43)34-11-5-2-6-12-34/h2*1-27H;2,5-8,11-28H,1,3-4,9-10H2. The maximum atomic E-state index is 2.49. The van der Waals surface area contributed by atoms with Crippen LogP contribution < -0.4 is 0 Å². The fourth-order valence-corrected chi connectivity index (χ4v) is 29.8. The Hall–Kier alpha value is -15.7. The molecule has 0 atom stereocenters. The van der Waals surface area contributed by atoms with E-state index in [1.54, 1.807) is 5.56 Å². The summed E-state index contributed by atoms with van der Waals surface area (Å²) in [6.45, 7) is 0. The number of hydrogen-bond acceptors (Lipinski definition) is 6. The van der Waals surface area contributed by atoms with Crippen LogP contribution in [0.2, 0.25) is 0 Å². The van der Waals surface area contributed by atoms with Gasteiger partial charge in [-0.2, -0.15) is 0 Å². The predicted octanol–water partition coefficient (Wildman–Crippen LogP) is 40.5. The van der Waals surface area contributed by atoms with Crippen molar-refractivity contribution in [1.29, 1.82) is 0 Å². The molecule has 141 heavy (non-hydrogen) atoms. The highest BCUT2D eigenvalue weighted by atomic mass is 32.1. The molecule has 0 aliphatic heterocycles. The Kier molecular flexibility index (Phi) is 20.6. The van der Waals surface area contributed by atoms with E-state index >= 15 is 0 Å². The van der Waals surface area contributed by atoms with E-state index in [2.05, 4.69) is 475 Å². The van der Waals surface area contributed by atoms with Crippen molar-refractivity contribution < 1.29 is 0 Å². The molecule has 0 saturated heterocycles. The third-order valence-electron chi connectivity index (χ3n) is 29.3. The lowest BCUT2D eigenvalue weighted by atomic mass is 9.84. The summed E-state index contributed by atoms with van der Waals surface area (Å²) in [5.74, 6) is 0.743. The third kappa shape index (κ3) is 14.4. The van der Waals surface area contributed by atoms with Crippen molar-refractivity contribution in [1.82, 2.24) is 13.7 Å². The van der Waals surface area contributed by atoms with E-state index in [9.17, 15) is 0 Å². The van der Waals surface area contributed by atoms with Gasteiger partial charge in [-0.05, 0) is 229 Å². The van der Waals surface area contributed by atoms with E-state index in [1.165, 1.54) is 292 Å². The molecule has 0 radical (unpaired) electrons. The highest BCUT2D eigenvalue weighted by Gasteiger charge is 2.26. The number of aromatic nitrogens is 3. The first-order chi connectivity index (χ1) is 69.9. The van der Waals surface area contributed by atoms with Crippen molar-refractivity contribution >= 4 is 222 Å². The summed E-state index contributed by atoms with van der Waals surface area (Å²) in [4.78, 5) is 0. The van der Waals surface area contributed by atoms with E-state index in [4.69, 9.17) is 0 Å². The fourth-order valence-electron chi connectivity index (χ4n) is 22.4. The molecule has 0 N–H and O–H groups in total. The first-order valence-electron chi connectivity index (χ1n) is 48.7. The smallest absolute Gasteiger partial charge is 0.0727 e. The lowest BCUT2D eigenvalue weighted by Gasteiger charge is -2.21. The maximum absolute atomic E-state index is 2.49. The molecule has 1 fully saturated rings. The molecule has 1 aliphatic rings. The maximum Gasteiger partial charge on any atom is 0.0727 e. The number of thiophene rings is 6. The van der Waals surface area contributed by atoms with Crippen LogP contribution in [-0.2, 0) is 0 Å². The fraction of sp³-hybridized carbons (Fsp3) is 0.0455. The van der Waals surface area contributed by atoms with Crippen LogP contribution in [0.5, 0.6) is 0 Å². The van der Waals surface area contributed by atoms with Crippen molar-refractivity contribution in [3.05, 3.63) is 467 Å². The van der Waals surface area contributed by atoms with Crippen LogP contribution in [0.25, 0.3) is 260 Å². The van der Waals surface area contributed by atoms with Gasteiger partial charge in [-0.15, -0.1) is 68.0 Å². The minimum atomic E-state index is 0.743. The number of para-hydroxylation sites is 6. The Morgan fingerprint density at radius 3 is 0.858 bits per heavy atom. The zero-order valence-electron chi connectivity index (χ0n) is 76.8. The predicted molar refractivity (Wildman–Crippen MR) is 616 cm³/mol. The van der Waals surface area contributed by atoms with Gasteiger partial charge < -0.3 is 13.7 Å². The quantitative estimate of drug-likeness (QED) is 0.116. The molecule has 20 aromatic carbocycles. The summed E-state index contributed by atoms with van der Waals surface area (Å²) in [5.41, 5.74) is 32.9. The molecule has 9 heterocycles. The van der Waals surface area contributed by atoms with Crippen LogP contribution in [0, 0.1) is 0 Å². The summed E-state index contributed by atoms with van der Waals surface area (Å²) >= 11 is 11.4. The number of rotatable bonds is 12. The first-order valence-corrected chi connectivity index (χ1v) is 53.6. The van der Waals surface area contributed by atoms with Crippen molar-refractivity contribution in [3.8, 4) is 106 Å². The molecular weight excluding hydrogens is 1820 g/mol. The van der Waals surface area contributed by atoms with Gasteiger partial charge in [0.15, 0.2) is 0 Å². The average molecular weight is 1910 g/mol. The van der Waals surface area contributed by atoms with Gasteiger partial charge in [0.1, 0.15) is 0 Å². The van der Waals surface area contributed by atoms with Gasteiger partial charge in [0.05, 0.1) is 47.2 Å². The molecule has 666 valence electrons. The summed E-state index contributed by atoms with van der Waals surface area (Å²) in [7, 11) is 0. The second-order valence-electron chi connectivity index (χ2n) is 37.4. The molecule has 29 aromatic rings. The zero-order chi connectivity index (χ0) is 92.7. The highest BCUT2D eigenvalue weighted by molar-refractivity contribution is 7.29. The molecule has 9 heteroatoms. The van der Waals surface area contributed by atoms with Crippen molar-refractivity contribution in [3.63, 3.8) is 0 Å². The zero-order valence-corrected chi connectivity index (χ0v) is 81.7. The Morgan fingerprint density at radius 2 is 0.447 bits per heavy atom. The number of benzene rings is 20. The van der Waals surface area contributed by atoms with Crippen LogP contribution in [0.1, 0.15) is 43.6 Å². The van der Waals surface area contributed by atoms with Gasteiger partial charge >= 0.3 is 0 Å². The molecule has 1 saturated carbocycles. The van der Waals surface area contributed by atoms with Crippen LogP contribution in [-0.4, -0.2) is 13.7 Å². The average Bonchev–Trinajstić information content (AvgIpc) is 1.57. The molecule has 3 nitrogen and oxygen atoms in total. The second-order valence-corrected chi connectivity index (χ2v) is 43.7. The monoisotopic (exact) mass is 1910 g/mol. The summed E-state index contributed by atoms with van der Waals surface area (Å²) in [6, 6.07) is 170. The van der Waals surface area contributed by atoms with E-state index < -0.39 is 0 Å². The van der Waals surface area contributed by atoms with E-state index in [0.717, 1.165) is 5.92 Å². The van der Waals surface area contributed by atoms with Crippen molar-refractivity contribution in [2.45, 2.75) is 38.0 Å². The van der Waals surface area contributed by atoms with E-state index in [1.807, 2.05) is 68.0 Å². The molecule has 30 rings (SSSR count). The van der Waals surface area contributed by atoms with Gasteiger partial charge in [-0.25, -0.2) is 0 Å². The van der Waals surface area contributed by atoms with Crippen LogP contribution in [0.3, 0.4) is 0 Å². The SMILES string of the molecule is c1ccc(-c2ccc3sc4c(-c5ccc(-c6ccc7sc8c9ccccc9n(-c9ccccc9)c8c7c6)cc5)cccc4c3c2)cc1.c1ccc(-c2cccc3c2sc2c(-c4ccc(-c5ccc6sc7c8ccccc8n(-c8ccccc8)c7c6c5)cc4)cccc23)cc1.c1ccc(-n2c3ccccc3c3sc4ccc(-c5ccc(-c6ccc7c(c6)sc6cc(C8CCCCC8)ccc67)cc5)cc4c32)cc1. The third-order valence-corrected chi connectivity index (χ3v) is 36.5. The minimum absolute atomic E-state index is 0.743. The molecular formula is C132H87N3S6. The Bertz CT molecular complexity index is 9920. The van der Waals surface area contributed by atoms with Crippen molar-refractivity contribution in [2.75, 3.05) is 0 Å². The van der Waals surface area contributed by atoms with Gasteiger partial charge in [0.2, 0.25) is 0 Å². The highest BCUT2D eigenvalue weighted by Crippen LogP contribution is 2.52. The normalized spacial score (nSPS) is 12.7. The molecule has 1 aliphatic carbocycles. The van der Waals surface area contributed by atoms with Gasteiger partial charge in [0.25, 0.3) is 0 Å². The lowest BCUT2D eigenvalue weighted by molar-refractivity contribution is 0.444. The van der Waals surface area contributed by atoms with Crippen molar-refractivity contribution in [2.24, 2.45) is 0 Å². The van der Waals surface area contributed by atoms with Gasteiger partial charge in [0, 0.05) is 124 Å².